The Morgan fingerprint density at radius 3 is 2.22 bits per heavy atom. The maximum atomic E-state index is 13.1. The Labute approximate surface area is 186 Å². The van der Waals surface area contributed by atoms with Crippen molar-refractivity contribution < 1.29 is 23.5 Å². The van der Waals surface area contributed by atoms with Crippen LogP contribution in [0.1, 0.15) is 49.1 Å². The summed E-state index contributed by atoms with van der Waals surface area (Å²) >= 11 is 0. The summed E-state index contributed by atoms with van der Waals surface area (Å²) < 4.78 is 16.4. The van der Waals surface area contributed by atoms with Gasteiger partial charge in [-0.05, 0) is 64.8 Å². The quantitative estimate of drug-likeness (QED) is 0.355. The molecule has 1 heterocycles. The van der Waals surface area contributed by atoms with Gasteiger partial charge in [-0.1, -0.05) is 30.3 Å². The number of nitrogens with one attached hydrogen (secondary N) is 1. The van der Waals surface area contributed by atoms with Gasteiger partial charge >= 0.3 is 17.7 Å². The van der Waals surface area contributed by atoms with Crippen LogP contribution >= 0.6 is 0 Å². The van der Waals surface area contributed by atoms with Crippen molar-refractivity contribution >= 4 is 23.0 Å². The summed E-state index contributed by atoms with van der Waals surface area (Å²) in [5.41, 5.74) is 1.60. The van der Waals surface area contributed by atoms with Gasteiger partial charge in [0.15, 0.2) is 6.04 Å². The van der Waals surface area contributed by atoms with E-state index >= 15 is 0 Å². The molecule has 0 fully saturated rings. The number of rotatable bonds is 4. The van der Waals surface area contributed by atoms with E-state index in [4.69, 9.17) is 13.9 Å². The van der Waals surface area contributed by atoms with Gasteiger partial charge in [-0.25, -0.2) is 14.4 Å². The van der Waals surface area contributed by atoms with Gasteiger partial charge in [0.25, 0.3) is 0 Å². The summed E-state index contributed by atoms with van der Waals surface area (Å²) in [7, 11) is 0. The predicted molar refractivity (Wildman–Crippen MR) is 121 cm³/mol. The third-order valence-corrected chi connectivity index (χ3v) is 5.06. The average molecular weight is 437 g/mol. The first-order chi connectivity index (χ1) is 15.0. The first kappa shape index (κ1) is 23.1. The number of alkyl carbamates (subject to hydrolysis) is 1. The zero-order valence-electron chi connectivity index (χ0n) is 19.1. The predicted octanol–water partition coefficient (Wildman–Crippen LogP) is 4.89. The summed E-state index contributed by atoms with van der Waals surface area (Å²) in [4.78, 5) is 37.6. The van der Waals surface area contributed by atoms with E-state index in [1.807, 2.05) is 6.92 Å². The van der Waals surface area contributed by atoms with Crippen LogP contribution in [-0.4, -0.2) is 17.7 Å². The van der Waals surface area contributed by atoms with Crippen LogP contribution in [0, 0.1) is 20.8 Å². The Kier molecular flexibility index (Phi) is 6.39. The van der Waals surface area contributed by atoms with E-state index in [0.29, 0.717) is 22.3 Å². The molecule has 2 aromatic carbocycles. The Morgan fingerprint density at radius 2 is 1.59 bits per heavy atom. The highest BCUT2D eigenvalue weighted by Crippen LogP contribution is 2.30. The normalized spacial score (nSPS) is 12.3. The highest BCUT2D eigenvalue weighted by Gasteiger charge is 2.28. The molecule has 0 bridgehead atoms. The molecule has 7 nitrogen and oxygen atoms in total. The fourth-order valence-corrected chi connectivity index (χ4v) is 3.25. The fourth-order valence-electron chi connectivity index (χ4n) is 3.25. The number of fused-ring (bicyclic) bond motifs is 1. The van der Waals surface area contributed by atoms with Crippen LogP contribution < -0.4 is 15.7 Å². The standard InChI is InChI=1S/C25H27NO6/c1-14-15(2)22(27)31-21-16(3)19(13-12-18(14)21)30-23(28)20(17-10-8-7-9-11-17)26-24(29)32-25(4,5)6/h7-13,20H,1-6H3,(H,26,29)/t20-/m1/s1. The first-order valence-electron chi connectivity index (χ1n) is 10.3. The Balaban J connectivity index is 1.94. The van der Waals surface area contributed by atoms with Gasteiger partial charge in [-0.3, -0.25) is 0 Å². The molecule has 32 heavy (non-hydrogen) atoms. The van der Waals surface area contributed by atoms with Crippen LogP contribution in [0.2, 0.25) is 0 Å². The molecular formula is C25H27NO6. The second kappa shape index (κ2) is 8.86. The zero-order valence-corrected chi connectivity index (χ0v) is 19.1. The van der Waals surface area contributed by atoms with Crippen molar-refractivity contribution in [2.45, 2.75) is 53.2 Å². The molecule has 0 aliphatic heterocycles. The molecule has 0 aliphatic rings. The Morgan fingerprint density at radius 1 is 0.938 bits per heavy atom. The van der Waals surface area contributed by atoms with E-state index < -0.39 is 29.3 Å². The number of hydrogen-bond donors (Lipinski definition) is 1. The number of carbonyl (C=O) groups excluding carboxylic acids is 2. The largest absolute Gasteiger partial charge is 0.444 e. The van der Waals surface area contributed by atoms with Crippen molar-refractivity contribution in [1.82, 2.24) is 5.32 Å². The highest BCUT2D eigenvalue weighted by molar-refractivity contribution is 5.88. The Bertz CT molecular complexity index is 1220. The molecule has 1 amide bonds. The molecule has 3 rings (SSSR count). The number of hydrogen-bond acceptors (Lipinski definition) is 6. The van der Waals surface area contributed by atoms with Crippen molar-refractivity contribution in [3.8, 4) is 5.75 Å². The van der Waals surface area contributed by atoms with Crippen LogP contribution in [0.4, 0.5) is 4.79 Å². The second-order valence-electron chi connectivity index (χ2n) is 8.62. The van der Waals surface area contributed by atoms with Crippen molar-refractivity contribution in [2.24, 2.45) is 0 Å². The summed E-state index contributed by atoms with van der Waals surface area (Å²) in [5.74, 6) is -0.462. The lowest BCUT2D eigenvalue weighted by Crippen LogP contribution is -2.39. The molecular weight excluding hydrogens is 410 g/mol. The van der Waals surface area contributed by atoms with E-state index in [1.54, 1.807) is 77.1 Å². The summed E-state index contributed by atoms with van der Waals surface area (Å²) in [6, 6.07) is 11.0. The van der Waals surface area contributed by atoms with Gasteiger partial charge in [-0.15, -0.1) is 0 Å². The highest BCUT2D eigenvalue weighted by atomic mass is 16.6. The number of ether oxygens (including phenoxy) is 2. The molecule has 0 unspecified atom stereocenters. The lowest BCUT2D eigenvalue weighted by molar-refractivity contribution is -0.137. The van der Waals surface area contributed by atoms with Crippen LogP contribution in [0.3, 0.4) is 0 Å². The number of benzene rings is 2. The topological polar surface area (TPSA) is 94.8 Å². The molecule has 0 aliphatic carbocycles. The average Bonchev–Trinajstić information content (AvgIpc) is 2.72. The van der Waals surface area contributed by atoms with Crippen molar-refractivity contribution in [3.05, 3.63) is 75.1 Å². The van der Waals surface area contributed by atoms with Crippen molar-refractivity contribution in [3.63, 3.8) is 0 Å². The lowest BCUT2D eigenvalue weighted by atomic mass is 10.0. The van der Waals surface area contributed by atoms with Crippen LogP contribution in [0.15, 0.2) is 51.7 Å². The molecule has 7 heteroatoms. The molecule has 0 spiro atoms. The minimum absolute atomic E-state index is 0.237. The first-order valence-corrected chi connectivity index (χ1v) is 10.3. The number of esters is 1. The molecule has 3 aromatic rings. The summed E-state index contributed by atoms with van der Waals surface area (Å²) in [6.07, 6.45) is -0.740. The van der Waals surface area contributed by atoms with Crippen LogP contribution in [0.25, 0.3) is 11.0 Å². The third-order valence-electron chi connectivity index (χ3n) is 5.06. The SMILES string of the molecule is Cc1c(C)c2ccc(OC(=O)[C@H](NC(=O)OC(C)(C)C)c3ccccc3)c(C)c2oc1=O. The van der Waals surface area contributed by atoms with Crippen LogP contribution in [0.5, 0.6) is 5.75 Å². The second-order valence-corrected chi connectivity index (χ2v) is 8.62. The van der Waals surface area contributed by atoms with E-state index in [-0.39, 0.29) is 5.75 Å². The van der Waals surface area contributed by atoms with E-state index in [9.17, 15) is 14.4 Å². The minimum Gasteiger partial charge on any atom is -0.444 e. The maximum Gasteiger partial charge on any atom is 0.408 e. The number of amides is 1. The Hall–Kier alpha value is -3.61. The molecule has 168 valence electrons. The van der Waals surface area contributed by atoms with E-state index in [1.165, 1.54) is 0 Å². The summed E-state index contributed by atoms with van der Waals surface area (Å²) in [5, 5.41) is 3.35. The van der Waals surface area contributed by atoms with E-state index in [0.717, 1.165) is 10.9 Å². The zero-order chi connectivity index (χ0) is 23.6. The maximum absolute atomic E-state index is 13.1. The molecule has 1 N–H and O–H groups in total. The van der Waals surface area contributed by atoms with Crippen molar-refractivity contribution in [1.29, 1.82) is 0 Å². The summed E-state index contributed by atoms with van der Waals surface area (Å²) in [6.45, 7) is 10.5. The van der Waals surface area contributed by atoms with Crippen LogP contribution in [-0.2, 0) is 9.53 Å². The lowest BCUT2D eigenvalue weighted by Gasteiger charge is -2.23. The monoisotopic (exact) mass is 437 g/mol. The van der Waals surface area contributed by atoms with Gasteiger partial charge in [0.2, 0.25) is 0 Å². The van der Waals surface area contributed by atoms with Gasteiger partial charge < -0.3 is 19.2 Å². The molecule has 0 saturated carbocycles. The minimum atomic E-state index is -1.09. The molecule has 0 saturated heterocycles. The molecule has 1 aromatic heterocycles. The number of carbonyl (C=O) groups is 2. The molecule has 0 radical (unpaired) electrons. The van der Waals surface area contributed by atoms with Gasteiger partial charge in [0.05, 0.1) is 0 Å². The van der Waals surface area contributed by atoms with Gasteiger partial charge in [-0.2, -0.15) is 0 Å². The van der Waals surface area contributed by atoms with E-state index in [2.05, 4.69) is 5.32 Å². The third kappa shape index (κ3) is 4.99. The smallest absolute Gasteiger partial charge is 0.408 e. The fraction of sp³-hybridized carbons (Fsp3) is 0.320. The number of aryl methyl sites for hydroxylation is 2. The van der Waals surface area contributed by atoms with Crippen molar-refractivity contribution in [2.75, 3.05) is 0 Å². The van der Waals surface area contributed by atoms with Gasteiger partial charge in [0, 0.05) is 16.5 Å². The van der Waals surface area contributed by atoms with Gasteiger partial charge in [0.1, 0.15) is 16.9 Å². The molecule has 1 atom stereocenters.